The van der Waals surface area contributed by atoms with Crippen LogP contribution in [0.5, 0.6) is 0 Å². The van der Waals surface area contributed by atoms with Crippen LogP contribution < -0.4 is 21.7 Å². The van der Waals surface area contributed by atoms with E-state index >= 15 is 4.39 Å². The number of halogens is 2. The van der Waals surface area contributed by atoms with E-state index in [-0.39, 0.29) is 63.9 Å². The Hall–Kier alpha value is -3.33. The molecule has 1 aliphatic heterocycles. The van der Waals surface area contributed by atoms with Crippen molar-refractivity contribution in [2.45, 2.75) is 52.4 Å². The summed E-state index contributed by atoms with van der Waals surface area (Å²) in [4.78, 5) is 33.5. The van der Waals surface area contributed by atoms with Crippen molar-refractivity contribution in [3.8, 4) is 11.3 Å². The smallest absolute Gasteiger partial charge is 0.274 e. The summed E-state index contributed by atoms with van der Waals surface area (Å²) in [6.07, 6.45) is 3.26. The number of anilines is 2. The van der Waals surface area contributed by atoms with Gasteiger partial charge in [0.05, 0.1) is 24.1 Å². The molecule has 0 bridgehead atoms. The molecule has 1 fully saturated rings. The molecule has 5 atom stereocenters. The summed E-state index contributed by atoms with van der Waals surface area (Å²) in [6.45, 7) is 7.43. The van der Waals surface area contributed by atoms with Gasteiger partial charge in [0.25, 0.3) is 5.91 Å². The van der Waals surface area contributed by atoms with Gasteiger partial charge in [0.2, 0.25) is 5.91 Å². The molecule has 1 aliphatic rings. The number of nitrogens with two attached hydrogens (primary N) is 1. The third kappa shape index (κ3) is 6.30. The van der Waals surface area contributed by atoms with Crippen molar-refractivity contribution in [1.82, 2.24) is 9.97 Å². The zero-order valence-corrected chi connectivity index (χ0v) is 23.3. The van der Waals surface area contributed by atoms with Gasteiger partial charge >= 0.3 is 0 Å². The summed E-state index contributed by atoms with van der Waals surface area (Å²) in [6, 6.07) is 6.56. The van der Waals surface area contributed by atoms with Crippen LogP contribution in [0.25, 0.3) is 11.3 Å². The molecule has 2 amide bonds. The van der Waals surface area contributed by atoms with E-state index in [1.807, 2.05) is 13.8 Å². The molecule has 39 heavy (non-hydrogen) atoms. The normalized spacial score (nSPS) is 21.1. The molecule has 3 aromatic rings. The molecule has 2 aromatic heterocycles. The van der Waals surface area contributed by atoms with Crippen molar-refractivity contribution < 1.29 is 23.1 Å². The molecule has 1 aromatic carbocycles. The Morgan fingerprint density at radius 3 is 2.54 bits per heavy atom. The third-order valence-corrected chi connectivity index (χ3v) is 7.41. The number of aromatic nitrogens is 2. The summed E-state index contributed by atoms with van der Waals surface area (Å²) in [5.41, 5.74) is 7.09. The van der Waals surface area contributed by atoms with E-state index in [0.717, 1.165) is 12.1 Å². The maximum atomic E-state index is 15.2. The van der Waals surface area contributed by atoms with Crippen LogP contribution in [0.4, 0.5) is 20.2 Å². The van der Waals surface area contributed by atoms with E-state index < -0.39 is 17.5 Å². The fraction of sp³-hybridized carbons (Fsp3) is 0.357. The second-order valence-electron chi connectivity index (χ2n) is 10.1. The highest BCUT2D eigenvalue weighted by Crippen LogP contribution is 2.36. The number of carbonyl (C=O) groups is 2. The van der Waals surface area contributed by atoms with Crippen LogP contribution in [0.1, 0.15) is 56.3 Å². The van der Waals surface area contributed by atoms with Gasteiger partial charge in [-0.15, -0.1) is 9.24 Å². The minimum Gasteiger partial charge on any atom is -0.370 e. The van der Waals surface area contributed by atoms with Gasteiger partial charge in [-0.05, 0) is 54.9 Å². The fourth-order valence-corrected chi connectivity index (χ4v) is 4.86. The van der Waals surface area contributed by atoms with Crippen LogP contribution in [0.15, 0.2) is 42.7 Å². The molecule has 206 valence electrons. The molecule has 4 N–H and O–H groups in total. The van der Waals surface area contributed by atoms with E-state index in [1.54, 1.807) is 26.1 Å². The van der Waals surface area contributed by atoms with Crippen molar-refractivity contribution in [3.05, 3.63) is 65.6 Å². The molecular weight excluding hydrogens is 523 g/mol. The molecule has 4 rings (SSSR count). The van der Waals surface area contributed by atoms with E-state index in [1.165, 1.54) is 18.3 Å². The Bertz CT molecular complexity index is 1370. The van der Waals surface area contributed by atoms with Crippen LogP contribution in [0.2, 0.25) is 0 Å². The number of ether oxygens (including phenoxy) is 1. The highest BCUT2D eigenvalue weighted by molar-refractivity contribution is 7.28. The molecule has 0 spiro atoms. The van der Waals surface area contributed by atoms with Gasteiger partial charge < -0.3 is 21.1 Å². The Balaban J connectivity index is 1.61. The van der Waals surface area contributed by atoms with Crippen molar-refractivity contribution in [1.29, 1.82) is 0 Å². The minimum absolute atomic E-state index is 0.0714. The minimum atomic E-state index is -0.803. The van der Waals surface area contributed by atoms with Crippen molar-refractivity contribution in [3.63, 3.8) is 0 Å². The molecule has 0 aliphatic carbocycles. The maximum Gasteiger partial charge on any atom is 0.274 e. The lowest BCUT2D eigenvalue weighted by atomic mass is 9.87. The third-order valence-electron chi connectivity index (χ3n) is 6.96. The fourth-order valence-electron chi connectivity index (χ4n) is 4.41. The average molecular weight is 556 g/mol. The largest absolute Gasteiger partial charge is 0.370 e. The molecule has 1 unspecified atom stereocenters. The van der Waals surface area contributed by atoms with Gasteiger partial charge in [-0.3, -0.25) is 14.6 Å². The number of rotatable bonds is 6. The Morgan fingerprint density at radius 2 is 1.87 bits per heavy atom. The van der Waals surface area contributed by atoms with Crippen molar-refractivity contribution >= 4 is 37.7 Å². The highest BCUT2D eigenvalue weighted by Gasteiger charge is 2.33. The topological polar surface area (TPSA) is 119 Å². The van der Waals surface area contributed by atoms with Gasteiger partial charge in [0.1, 0.15) is 23.0 Å². The van der Waals surface area contributed by atoms with Gasteiger partial charge in [-0.1, -0.05) is 20.8 Å². The Kier molecular flexibility index (Phi) is 8.69. The lowest BCUT2D eigenvalue weighted by Gasteiger charge is -2.38. The van der Waals surface area contributed by atoms with E-state index in [4.69, 9.17) is 10.5 Å². The predicted molar refractivity (Wildman–Crippen MR) is 150 cm³/mol. The first kappa shape index (κ1) is 28.7. The first-order valence-electron chi connectivity index (χ1n) is 12.7. The lowest BCUT2D eigenvalue weighted by molar-refractivity contribution is -0.118. The van der Waals surface area contributed by atoms with Gasteiger partial charge in [-0.25, -0.2) is 13.8 Å². The van der Waals surface area contributed by atoms with E-state index in [0.29, 0.717) is 17.7 Å². The summed E-state index contributed by atoms with van der Waals surface area (Å²) in [5, 5.41) is 5.66. The van der Waals surface area contributed by atoms with E-state index in [2.05, 4.69) is 29.8 Å². The predicted octanol–water partition coefficient (Wildman–Crippen LogP) is 4.58. The number of pyridine rings is 2. The Labute approximate surface area is 228 Å². The molecule has 1 saturated heterocycles. The summed E-state index contributed by atoms with van der Waals surface area (Å²) in [7, 11) is 2.32. The quantitative estimate of drug-likeness (QED) is 0.383. The average Bonchev–Trinajstić information content (AvgIpc) is 2.87. The zero-order valence-electron chi connectivity index (χ0n) is 22.2. The summed E-state index contributed by atoms with van der Waals surface area (Å²) < 4.78 is 36.2. The molecule has 11 heteroatoms. The number of nitrogens with zero attached hydrogens (tertiary/aromatic N) is 2. The van der Waals surface area contributed by atoms with Crippen LogP contribution in [-0.4, -0.2) is 33.9 Å². The number of benzene rings is 1. The van der Waals surface area contributed by atoms with Gasteiger partial charge in [-0.2, -0.15) is 0 Å². The number of hydrogen-bond acceptors (Lipinski definition) is 6. The number of amides is 2. The summed E-state index contributed by atoms with van der Waals surface area (Å²) >= 11 is 0. The maximum absolute atomic E-state index is 15.2. The number of carbonyl (C=O) groups excluding carboxylic acids is 2. The first-order valence-corrected chi connectivity index (χ1v) is 13.3. The molecule has 3 heterocycles. The first-order chi connectivity index (χ1) is 18.5. The van der Waals surface area contributed by atoms with Crippen LogP contribution >= 0.6 is 9.24 Å². The summed E-state index contributed by atoms with van der Waals surface area (Å²) in [5.74, 6) is -2.63. The monoisotopic (exact) mass is 555 g/mol. The number of nitrogens with one attached hydrogen (secondary N) is 2. The number of hydrogen-bond donors (Lipinski definition) is 3. The second-order valence-corrected chi connectivity index (χ2v) is 10.7. The highest BCUT2D eigenvalue weighted by atomic mass is 31.0. The van der Waals surface area contributed by atoms with Crippen LogP contribution in [-0.2, 0) is 9.53 Å². The lowest BCUT2D eigenvalue weighted by Crippen LogP contribution is -2.43. The molecule has 0 saturated carbocycles. The van der Waals surface area contributed by atoms with Crippen LogP contribution in [0, 0.1) is 23.5 Å². The standard InChI is InChI=1S/C28H32F2N5O3P/c1-13(2)27(36)33-16-9-19(30)25(24(39)10-16)26-18(29)5-6-21(34-26)28(37)35-22-12-32-8-7-17(22)23-11-20(31)14(3)15(4)38-23/h5-10,12-15,20,23H,11,31,39H2,1-4H3,(H,33,36)(H,35,37)/t14-,15+,20+,23+/m0/s1. The Morgan fingerprint density at radius 1 is 1.13 bits per heavy atom. The van der Waals surface area contributed by atoms with Gasteiger partial charge in [0.15, 0.2) is 0 Å². The second kappa shape index (κ2) is 11.8. The molecule has 0 radical (unpaired) electrons. The van der Waals surface area contributed by atoms with Crippen molar-refractivity contribution in [2.75, 3.05) is 10.6 Å². The van der Waals surface area contributed by atoms with E-state index in [9.17, 15) is 14.0 Å². The van der Waals surface area contributed by atoms with Crippen molar-refractivity contribution in [2.24, 2.45) is 17.6 Å². The zero-order chi connectivity index (χ0) is 28.4. The molecular formula is C28H32F2N5O3P. The molecule has 8 nitrogen and oxygen atoms in total. The van der Waals surface area contributed by atoms with Gasteiger partial charge in [0, 0.05) is 35.0 Å². The van der Waals surface area contributed by atoms with Crippen LogP contribution in [0.3, 0.4) is 0 Å². The SMILES string of the molecule is CC(C)C(=O)Nc1cc(F)c(-c2nc(C(=O)Nc3cnccc3[C@H]3C[C@@H](N)[C@@H](C)[C@@H](C)O3)ccc2F)c(P)c1.